The molecule has 146 valence electrons. The Hall–Kier alpha value is -2.11. The third kappa shape index (κ3) is 3.27. The predicted molar refractivity (Wildman–Crippen MR) is 114 cm³/mol. The van der Waals surface area contributed by atoms with Gasteiger partial charge in [0.2, 0.25) is 0 Å². The van der Waals surface area contributed by atoms with Crippen LogP contribution in [0, 0.1) is 18.8 Å². The number of amides is 2. The van der Waals surface area contributed by atoms with E-state index in [1.54, 1.807) is 12.1 Å². The monoisotopic (exact) mass is 414 g/mol. The Balaban J connectivity index is 1.84. The Labute approximate surface area is 174 Å². The molecule has 0 spiro atoms. The molecule has 0 saturated carbocycles. The van der Waals surface area contributed by atoms with E-state index in [0.717, 1.165) is 30.0 Å². The number of piperidine rings is 1. The van der Waals surface area contributed by atoms with E-state index in [4.69, 9.17) is 11.6 Å². The quantitative estimate of drug-likeness (QED) is 0.665. The average Bonchev–Trinajstić information content (AvgIpc) is 3.23. The lowest BCUT2D eigenvalue weighted by Crippen LogP contribution is -2.42. The number of rotatable bonds is 3. The molecular formula is C22H23ClN2O2S. The topological polar surface area (TPSA) is 40.6 Å². The number of imide groups is 1. The van der Waals surface area contributed by atoms with Crippen molar-refractivity contribution >= 4 is 46.0 Å². The number of aryl methyl sites for hydroxylation is 1. The number of benzene rings is 1. The molecule has 1 fully saturated rings. The zero-order chi connectivity index (χ0) is 20.0. The van der Waals surface area contributed by atoms with Gasteiger partial charge in [-0.05, 0) is 54.3 Å². The van der Waals surface area contributed by atoms with Gasteiger partial charge in [0.25, 0.3) is 11.8 Å². The Bertz CT molecular complexity index is 957. The zero-order valence-electron chi connectivity index (χ0n) is 16.2. The average molecular weight is 415 g/mol. The molecule has 2 aliphatic rings. The van der Waals surface area contributed by atoms with Gasteiger partial charge in [0, 0.05) is 23.0 Å². The standard InChI is InChI=1S/C22H23ClN2O2S/c1-13-9-14(2)12-24(11-13)20-19(18-5-4-8-28-18)21(26)25(22(20)27)17-10-16(23)7-6-15(17)3/h4-8,10,13-14H,9,11-12H2,1-3H3. The fourth-order valence-electron chi connectivity index (χ4n) is 4.34. The number of carbonyl (C=O) groups excluding carboxylic acids is 2. The third-order valence-corrected chi connectivity index (χ3v) is 6.55. The highest BCUT2D eigenvalue weighted by atomic mass is 35.5. The molecule has 2 aliphatic heterocycles. The van der Waals surface area contributed by atoms with Crippen LogP contribution in [0.4, 0.5) is 5.69 Å². The van der Waals surface area contributed by atoms with Crippen LogP contribution in [0.2, 0.25) is 5.02 Å². The minimum atomic E-state index is -0.265. The summed E-state index contributed by atoms with van der Waals surface area (Å²) in [5, 5.41) is 2.44. The molecule has 28 heavy (non-hydrogen) atoms. The molecule has 0 radical (unpaired) electrons. The lowest BCUT2D eigenvalue weighted by molar-refractivity contribution is -0.120. The normalized spacial score (nSPS) is 23.1. The van der Waals surface area contributed by atoms with Gasteiger partial charge in [-0.15, -0.1) is 11.3 Å². The first-order valence-corrected chi connectivity index (χ1v) is 10.8. The number of anilines is 1. The zero-order valence-corrected chi connectivity index (χ0v) is 17.8. The van der Waals surface area contributed by atoms with Crippen molar-refractivity contribution in [2.24, 2.45) is 11.8 Å². The van der Waals surface area contributed by atoms with E-state index in [-0.39, 0.29) is 11.8 Å². The lowest BCUT2D eigenvalue weighted by atomic mass is 9.91. The molecule has 2 unspecified atom stereocenters. The number of halogens is 1. The van der Waals surface area contributed by atoms with Crippen LogP contribution in [-0.4, -0.2) is 29.8 Å². The smallest absolute Gasteiger partial charge is 0.282 e. The lowest BCUT2D eigenvalue weighted by Gasteiger charge is -2.37. The van der Waals surface area contributed by atoms with Crippen molar-refractivity contribution in [1.29, 1.82) is 0 Å². The second kappa shape index (κ2) is 7.37. The van der Waals surface area contributed by atoms with Crippen molar-refractivity contribution < 1.29 is 9.59 Å². The van der Waals surface area contributed by atoms with Crippen LogP contribution >= 0.6 is 22.9 Å². The molecule has 2 amide bonds. The van der Waals surface area contributed by atoms with E-state index in [1.165, 1.54) is 16.2 Å². The summed E-state index contributed by atoms with van der Waals surface area (Å²) >= 11 is 7.67. The van der Waals surface area contributed by atoms with Crippen LogP contribution < -0.4 is 4.90 Å². The summed E-state index contributed by atoms with van der Waals surface area (Å²) in [5.41, 5.74) is 2.45. The summed E-state index contributed by atoms with van der Waals surface area (Å²) in [6.07, 6.45) is 1.14. The highest BCUT2D eigenvalue weighted by Gasteiger charge is 2.44. The van der Waals surface area contributed by atoms with Crippen molar-refractivity contribution in [2.75, 3.05) is 18.0 Å². The molecule has 0 N–H and O–H groups in total. The molecule has 6 heteroatoms. The molecule has 0 aliphatic carbocycles. The molecule has 1 aromatic heterocycles. The van der Waals surface area contributed by atoms with Gasteiger partial charge < -0.3 is 4.90 Å². The van der Waals surface area contributed by atoms with Gasteiger partial charge in [-0.3, -0.25) is 9.59 Å². The van der Waals surface area contributed by atoms with Gasteiger partial charge in [-0.25, -0.2) is 4.90 Å². The molecule has 4 rings (SSSR count). The van der Waals surface area contributed by atoms with Crippen molar-refractivity contribution in [3.63, 3.8) is 0 Å². The second-order valence-electron chi connectivity index (χ2n) is 7.93. The number of hydrogen-bond acceptors (Lipinski definition) is 4. The van der Waals surface area contributed by atoms with Crippen LogP contribution in [0.25, 0.3) is 5.57 Å². The molecule has 2 atom stereocenters. The number of thiophene rings is 1. The molecule has 3 heterocycles. The van der Waals surface area contributed by atoms with E-state index in [2.05, 4.69) is 18.7 Å². The molecular weight excluding hydrogens is 392 g/mol. The van der Waals surface area contributed by atoms with E-state index in [1.807, 2.05) is 30.5 Å². The van der Waals surface area contributed by atoms with Crippen LogP contribution in [0.3, 0.4) is 0 Å². The fraction of sp³-hybridized carbons (Fsp3) is 0.364. The third-order valence-electron chi connectivity index (χ3n) is 5.42. The summed E-state index contributed by atoms with van der Waals surface area (Å²) in [6, 6.07) is 9.14. The first kappa shape index (κ1) is 19.2. The van der Waals surface area contributed by atoms with Crippen molar-refractivity contribution in [1.82, 2.24) is 4.90 Å². The maximum atomic E-state index is 13.6. The Morgan fingerprint density at radius 1 is 1.07 bits per heavy atom. The van der Waals surface area contributed by atoms with Crippen LogP contribution in [0.1, 0.15) is 30.7 Å². The summed E-state index contributed by atoms with van der Waals surface area (Å²) in [4.78, 5) is 31.3. The van der Waals surface area contributed by atoms with E-state index in [9.17, 15) is 9.59 Å². The Kier molecular flexibility index (Phi) is 5.06. The molecule has 0 bridgehead atoms. The predicted octanol–water partition coefficient (Wildman–Crippen LogP) is 4.97. The maximum absolute atomic E-state index is 13.6. The molecule has 1 aromatic carbocycles. The summed E-state index contributed by atoms with van der Waals surface area (Å²) in [7, 11) is 0. The van der Waals surface area contributed by atoms with Gasteiger partial charge in [-0.2, -0.15) is 0 Å². The molecule has 1 saturated heterocycles. The van der Waals surface area contributed by atoms with Crippen LogP contribution in [-0.2, 0) is 9.59 Å². The van der Waals surface area contributed by atoms with E-state index >= 15 is 0 Å². The SMILES string of the molecule is Cc1ccc(Cl)cc1N1C(=O)C(c2cccs2)=C(N2CC(C)CC(C)C2)C1=O. The van der Waals surface area contributed by atoms with Gasteiger partial charge in [0.1, 0.15) is 5.70 Å². The number of carbonyl (C=O) groups is 2. The van der Waals surface area contributed by atoms with Gasteiger partial charge in [0.15, 0.2) is 0 Å². The highest BCUT2D eigenvalue weighted by molar-refractivity contribution is 7.11. The van der Waals surface area contributed by atoms with Crippen molar-refractivity contribution in [3.05, 3.63) is 56.9 Å². The number of nitrogens with zero attached hydrogens (tertiary/aromatic N) is 2. The summed E-state index contributed by atoms with van der Waals surface area (Å²) in [5.74, 6) is 0.440. The second-order valence-corrected chi connectivity index (χ2v) is 9.31. The minimum Gasteiger partial charge on any atom is -0.366 e. The van der Waals surface area contributed by atoms with Gasteiger partial charge >= 0.3 is 0 Å². The number of likely N-dealkylation sites (tertiary alicyclic amines) is 1. The highest BCUT2D eigenvalue weighted by Crippen LogP contribution is 2.39. The summed E-state index contributed by atoms with van der Waals surface area (Å²) < 4.78 is 0. The summed E-state index contributed by atoms with van der Waals surface area (Å²) in [6.45, 7) is 7.87. The maximum Gasteiger partial charge on any atom is 0.282 e. The largest absolute Gasteiger partial charge is 0.366 e. The van der Waals surface area contributed by atoms with Crippen LogP contribution in [0.5, 0.6) is 0 Å². The first-order chi connectivity index (χ1) is 13.4. The number of hydrogen-bond donors (Lipinski definition) is 0. The van der Waals surface area contributed by atoms with Crippen LogP contribution in [0.15, 0.2) is 41.4 Å². The van der Waals surface area contributed by atoms with Gasteiger partial charge in [-0.1, -0.05) is 37.6 Å². The molecule has 2 aromatic rings. The van der Waals surface area contributed by atoms with Crippen molar-refractivity contribution in [2.45, 2.75) is 27.2 Å². The fourth-order valence-corrected chi connectivity index (χ4v) is 5.27. The molecule has 4 nitrogen and oxygen atoms in total. The Morgan fingerprint density at radius 3 is 2.43 bits per heavy atom. The van der Waals surface area contributed by atoms with Crippen molar-refractivity contribution in [3.8, 4) is 0 Å². The first-order valence-electron chi connectivity index (χ1n) is 9.55. The minimum absolute atomic E-state index is 0.250. The van der Waals surface area contributed by atoms with E-state index < -0.39 is 0 Å². The van der Waals surface area contributed by atoms with E-state index in [0.29, 0.717) is 33.8 Å². The van der Waals surface area contributed by atoms with Gasteiger partial charge in [0.05, 0.1) is 11.3 Å². The Morgan fingerprint density at radius 2 is 1.79 bits per heavy atom.